The highest BCUT2D eigenvalue weighted by atomic mass is 79.9. The number of carbonyl (C=O) groups excluding carboxylic acids is 1. The van der Waals surface area contributed by atoms with Crippen molar-refractivity contribution >= 4 is 27.8 Å². The summed E-state index contributed by atoms with van der Waals surface area (Å²) in [4.78, 5) is 10.8. The van der Waals surface area contributed by atoms with E-state index >= 15 is 0 Å². The van der Waals surface area contributed by atoms with E-state index in [4.69, 9.17) is 5.73 Å². The largest absolute Gasteiger partial charge is 0.513 e. The third kappa shape index (κ3) is 2.35. The summed E-state index contributed by atoms with van der Waals surface area (Å²) in [7, 11) is 1.16. The Bertz CT molecular complexity index is 347. The van der Waals surface area contributed by atoms with Crippen LogP contribution in [0.2, 0.25) is 0 Å². The van der Waals surface area contributed by atoms with Gasteiger partial charge in [0.2, 0.25) is 0 Å². The Labute approximate surface area is 87.9 Å². The molecule has 0 saturated carbocycles. The molecule has 0 amide bonds. The molecule has 1 rings (SSSR count). The van der Waals surface area contributed by atoms with Crippen molar-refractivity contribution in [3.05, 3.63) is 22.4 Å². The number of rotatable bonds is 1. The molecule has 0 unspecified atom stereocenters. The highest BCUT2D eigenvalue weighted by Crippen LogP contribution is 2.32. The Morgan fingerprint density at radius 3 is 2.71 bits per heavy atom. The average Bonchev–Trinajstić information content (AvgIpc) is 2.10. The second kappa shape index (κ2) is 4.28. The van der Waals surface area contributed by atoms with Crippen LogP contribution >= 0.6 is 15.9 Å². The van der Waals surface area contributed by atoms with Crippen LogP contribution in [0, 0.1) is 5.82 Å². The summed E-state index contributed by atoms with van der Waals surface area (Å²) < 4.78 is 21.9. The molecule has 0 saturated heterocycles. The summed E-state index contributed by atoms with van der Waals surface area (Å²) in [5.41, 5.74) is 5.44. The van der Waals surface area contributed by atoms with E-state index in [1.165, 1.54) is 0 Å². The van der Waals surface area contributed by atoms with E-state index in [2.05, 4.69) is 25.4 Å². The topological polar surface area (TPSA) is 61.5 Å². The highest BCUT2D eigenvalue weighted by Gasteiger charge is 2.12. The van der Waals surface area contributed by atoms with Gasteiger partial charge in [0.05, 0.1) is 17.3 Å². The second-order valence-electron chi connectivity index (χ2n) is 2.36. The molecular weight excluding hydrogens is 257 g/mol. The Morgan fingerprint density at radius 2 is 2.21 bits per heavy atom. The fraction of sp³-hybridized carbons (Fsp3) is 0.125. The Kier molecular flexibility index (Phi) is 3.29. The molecule has 0 radical (unpaired) electrons. The van der Waals surface area contributed by atoms with Crippen LogP contribution in [0.1, 0.15) is 0 Å². The first-order chi connectivity index (χ1) is 6.54. The van der Waals surface area contributed by atoms with Crippen LogP contribution in [0.5, 0.6) is 5.75 Å². The molecule has 0 aliphatic carbocycles. The van der Waals surface area contributed by atoms with Gasteiger partial charge in [0.1, 0.15) is 5.82 Å². The van der Waals surface area contributed by atoms with Crippen LogP contribution in [-0.2, 0) is 4.74 Å². The van der Waals surface area contributed by atoms with Gasteiger partial charge in [-0.05, 0) is 22.0 Å². The molecule has 76 valence electrons. The fourth-order valence-corrected chi connectivity index (χ4v) is 1.34. The van der Waals surface area contributed by atoms with Crippen molar-refractivity contribution in [1.29, 1.82) is 0 Å². The Balaban J connectivity index is 3.02. The van der Waals surface area contributed by atoms with E-state index in [0.717, 1.165) is 19.2 Å². The quantitative estimate of drug-likeness (QED) is 0.480. The summed E-state index contributed by atoms with van der Waals surface area (Å²) in [5.74, 6) is -0.482. The monoisotopic (exact) mass is 263 g/mol. The molecule has 0 spiro atoms. The van der Waals surface area contributed by atoms with Crippen molar-refractivity contribution in [2.24, 2.45) is 0 Å². The first kappa shape index (κ1) is 10.8. The second-order valence-corrected chi connectivity index (χ2v) is 3.22. The van der Waals surface area contributed by atoms with Gasteiger partial charge in [0.25, 0.3) is 0 Å². The van der Waals surface area contributed by atoms with Crippen molar-refractivity contribution in [2.75, 3.05) is 12.8 Å². The lowest BCUT2D eigenvalue weighted by Crippen LogP contribution is -2.09. The number of benzene rings is 1. The van der Waals surface area contributed by atoms with E-state index in [0.29, 0.717) is 0 Å². The van der Waals surface area contributed by atoms with Gasteiger partial charge in [-0.3, -0.25) is 0 Å². The molecule has 2 N–H and O–H groups in total. The number of ether oxygens (including phenoxy) is 2. The maximum Gasteiger partial charge on any atom is 0.513 e. The molecule has 14 heavy (non-hydrogen) atoms. The molecule has 0 heterocycles. The Hall–Kier alpha value is -1.30. The molecule has 0 aromatic heterocycles. The van der Waals surface area contributed by atoms with Crippen LogP contribution < -0.4 is 10.5 Å². The van der Waals surface area contributed by atoms with E-state index < -0.39 is 12.0 Å². The van der Waals surface area contributed by atoms with Gasteiger partial charge in [-0.25, -0.2) is 9.18 Å². The molecule has 0 aliphatic rings. The van der Waals surface area contributed by atoms with Crippen molar-refractivity contribution in [2.45, 2.75) is 0 Å². The number of nitrogen functional groups attached to an aromatic ring is 1. The minimum Gasteiger partial charge on any atom is -0.437 e. The molecule has 0 aliphatic heterocycles. The van der Waals surface area contributed by atoms with Crippen molar-refractivity contribution in [3.8, 4) is 5.75 Å². The molecule has 0 fully saturated rings. The number of nitrogens with two attached hydrogens (primary N) is 1. The first-order valence-corrected chi connectivity index (χ1v) is 4.34. The molecule has 4 nitrogen and oxygen atoms in total. The van der Waals surface area contributed by atoms with Gasteiger partial charge in [0, 0.05) is 6.07 Å². The molecule has 1 aromatic rings. The number of carbonyl (C=O) groups is 1. The predicted molar refractivity (Wildman–Crippen MR) is 51.5 cm³/mol. The zero-order chi connectivity index (χ0) is 10.7. The summed E-state index contributed by atoms with van der Waals surface area (Å²) in [6.45, 7) is 0. The Morgan fingerprint density at radius 1 is 1.57 bits per heavy atom. The van der Waals surface area contributed by atoms with E-state index in [1.807, 2.05) is 0 Å². The van der Waals surface area contributed by atoms with Gasteiger partial charge in [-0.2, -0.15) is 0 Å². The number of halogens is 2. The average molecular weight is 264 g/mol. The van der Waals surface area contributed by atoms with Gasteiger partial charge in [-0.15, -0.1) is 0 Å². The highest BCUT2D eigenvalue weighted by molar-refractivity contribution is 9.10. The zero-order valence-corrected chi connectivity index (χ0v) is 8.80. The predicted octanol–water partition coefficient (Wildman–Crippen LogP) is 2.32. The minimum atomic E-state index is -0.913. The normalized spacial score (nSPS) is 9.64. The number of hydrogen-bond acceptors (Lipinski definition) is 4. The summed E-state index contributed by atoms with van der Waals surface area (Å²) in [5, 5.41) is 0. The van der Waals surface area contributed by atoms with Crippen LogP contribution in [0.3, 0.4) is 0 Å². The van der Waals surface area contributed by atoms with Gasteiger partial charge in [0.15, 0.2) is 5.75 Å². The lowest BCUT2D eigenvalue weighted by Gasteiger charge is -2.07. The summed E-state index contributed by atoms with van der Waals surface area (Å²) in [6.07, 6.45) is -0.913. The van der Waals surface area contributed by atoms with Gasteiger partial charge in [-0.1, -0.05) is 0 Å². The molecule has 0 atom stereocenters. The molecular formula is C8H7BrFNO3. The van der Waals surface area contributed by atoms with Gasteiger partial charge < -0.3 is 15.2 Å². The van der Waals surface area contributed by atoms with Crippen LogP contribution in [0.15, 0.2) is 16.6 Å². The van der Waals surface area contributed by atoms with E-state index in [1.54, 1.807) is 0 Å². The SMILES string of the molecule is COC(=O)Oc1c(N)cc(F)cc1Br. The first-order valence-electron chi connectivity index (χ1n) is 3.55. The maximum atomic E-state index is 12.7. The van der Waals surface area contributed by atoms with Crippen LogP contribution in [0.4, 0.5) is 14.9 Å². The van der Waals surface area contributed by atoms with E-state index in [9.17, 15) is 9.18 Å². The standard InChI is InChI=1S/C8H7BrFNO3/c1-13-8(12)14-7-5(9)2-4(10)3-6(7)11/h2-3H,11H2,1H3. The maximum absolute atomic E-state index is 12.7. The van der Waals surface area contributed by atoms with Crippen molar-refractivity contribution in [1.82, 2.24) is 0 Å². The van der Waals surface area contributed by atoms with E-state index in [-0.39, 0.29) is 15.9 Å². The van der Waals surface area contributed by atoms with Crippen molar-refractivity contribution < 1.29 is 18.7 Å². The third-order valence-corrected chi connectivity index (χ3v) is 1.98. The molecule has 1 aromatic carbocycles. The lowest BCUT2D eigenvalue weighted by atomic mass is 10.3. The van der Waals surface area contributed by atoms with Crippen LogP contribution in [0.25, 0.3) is 0 Å². The molecule has 0 bridgehead atoms. The lowest BCUT2D eigenvalue weighted by molar-refractivity contribution is 0.121. The number of methoxy groups -OCH3 is 1. The zero-order valence-electron chi connectivity index (χ0n) is 7.21. The number of hydrogen-bond donors (Lipinski definition) is 1. The minimum absolute atomic E-state index is 0.0160. The smallest absolute Gasteiger partial charge is 0.437 e. The summed E-state index contributed by atoms with van der Waals surface area (Å²) in [6, 6.07) is 2.18. The third-order valence-electron chi connectivity index (χ3n) is 1.39. The fourth-order valence-electron chi connectivity index (χ4n) is 0.813. The van der Waals surface area contributed by atoms with Crippen LogP contribution in [-0.4, -0.2) is 13.3 Å². The van der Waals surface area contributed by atoms with Crippen molar-refractivity contribution in [3.63, 3.8) is 0 Å². The van der Waals surface area contributed by atoms with Gasteiger partial charge >= 0.3 is 6.16 Å². The molecule has 6 heteroatoms. The number of anilines is 1. The summed E-state index contributed by atoms with van der Waals surface area (Å²) >= 11 is 3.00.